The number of rotatable bonds is 7. The first-order valence-corrected chi connectivity index (χ1v) is 7.96. The SMILES string of the molecule is CC(=O)Nc1ccc(/C(C)=N/NC(=O)CO/N=C/c2ccccc2)cc1. The van der Waals surface area contributed by atoms with Crippen LogP contribution in [0.2, 0.25) is 0 Å². The van der Waals surface area contributed by atoms with Crippen molar-refractivity contribution in [3.05, 3.63) is 65.7 Å². The molecule has 26 heavy (non-hydrogen) atoms. The van der Waals surface area contributed by atoms with Crippen molar-refractivity contribution in [3.63, 3.8) is 0 Å². The summed E-state index contributed by atoms with van der Waals surface area (Å²) < 4.78 is 0. The van der Waals surface area contributed by atoms with Gasteiger partial charge in [-0.05, 0) is 30.2 Å². The molecule has 2 rings (SSSR count). The topological polar surface area (TPSA) is 92.2 Å². The molecular formula is C19H20N4O3. The third kappa shape index (κ3) is 6.56. The number of carbonyl (C=O) groups is 2. The van der Waals surface area contributed by atoms with E-state index in [1.54, 1.807) is 31.2 Å². The van der Waals surface area contributed by atoms with E-state index in [-0.39, 0.29) is 12.5 Å². The number of nitrogens with one attached hydrogen (secondary N) is 2. The number of hydrogen-bond donors (Lipinski definition) is 2. The number of hydrazone groups is 1. The standard InChI is InChI=1S/C19H20N4O3/c1-14(17-8-10-18(11-9-17)21-15(2)24)22-23-19(25)13-26-20-12-16-6-4-3-5-7-16/h3-12H,13H2,1-2H3,(H,21,24)(H,23,25)/b20-12+,22-14+. The maximum atomic E-state index is 11.7. The molecule has 134 valence electrons. The van der Waals surface area contributed by atoms with E-state index in [1.165, 1.54) is 13.1 Å². The van der Waals surface area contributed by atoms with E-state index in [2.05, 4.69) is 21.0 Å². The van der Waals surface area contributed by atoms with Gasteiger partial charge in [0.1, 0.15) is 0 Å². The first-order chi connectivity index (χ1) is 12.5. The Morgan fingerprint density at radius 3 is 2.38 bits per heavy atom. The van der Waals surface area contributed by atoms with E-state index in [9.17, 15) is 9.59 Å². The average molecular weight is 352 g/mol. The first-order valence-electron chi connectivity index (χ1n) is 7.96. The molecule has 7 heteroatoms. The van der Waals surface area contributed by atoms with Crippen molar-refractivity contribution in [2.24, 2.45) is 10.3 Å². The van der Waals surface area contributed by atoms with E-state index < -0.39 is 5.91 Å². The Morgan fingerprint density at radius 2 is 1.73 bits per heavy atom. The molecule has 7 nitrogen and oxygen atoms in total. The van der Waals surface area contributed by atoms with E-state index >= 15 is 0 Å². The Morgan fingerprint density at radius 1 is 1.04 bits per heavy atom. The molecule has 0 heterocycles. The largest absolute Gasteiger partial charge is 0.386 e. The van der Waals surface area contributed by atoms with Gasteiger partial charge < -0.3 is 10.2 Å². The zero-order valence-electron chi connectivity index (χ0n) is 14.6. The van der Waals surface area contributed by atoms with Crippen LogP contribution in [-0.4, -0.2) is 30.3 Å². The molecule has 2 aromatic rings. The quantitative estimate of drug-likeness (QED) is 0.592. The summed E-state index contributed by atoms with van der Waals surface area (Å²) >= 11 is 0. The lowest BCUT2D eigenvalue weighted by atomic mass is 10.1. The zero-order valence-corrected chi connectivity index (χ0v) is 14.6. The van der Waals surface area contributed by atoms with E-state index in [0.29, 0.717) is 11.4 Å². The van der Waals surface area contributed by atoms with Gasteiger partial charge in [0.15, 0.2) is 6.61 Å². The molecule has 0 fully saturated rings. The normalized spacial score (nSPS) is 11.2. The predicted molar refractivity (Wildman–Crippen MR) is 101 cm³/mol. The lowest BCUT2D eigenvalue weighted by molar-refractivity contribution is -0.125. The van der Waals surface area contributed by atoms with Crippen molar-refractivity contribution in [2.75, 3.05) is 11.9 Å². The third-order valence-electron chi connectivity index (χ3n) is 3.24. The van der Waals surface area contributed by atoms with Gasteiger partial charge in [-0.15, -0.1) is 0 Å². The number of anilines is 1. The molecule has 0 bridgehead atoms. The number of hydrogen-bond acceptors (Lipinski definition) is 5. The maximum absolute atomic E-state index is 11.7. The van der Waals surface area contributed by atoms with E-state index in [0.717, 1.165) is 11.1 Å². The van der Waals surface area contributed by atoms with Crippen LogP contribution in [0, 0.1) is 0 Å². The fourth-order valence-electron chi connectivity index (χ4n) is 1.97. The molecule has 2 aromatic carbocycles. The Bertz CT molecular complexity index is 799. The van der Waals surface area contributed by atoms with Crippen molar-refractivity contribution >= 4 is 29.4 Å². The van der Waals surface area contributed by atoms with Crippen LogP contribution >= 0.6 is 0 Å². The lowest BCUT2D eigenvalue weighted by Gasteiger charge is -2.05. The number of nitrogens with zero attached hydrogens (tertiary/aromatic N) is 2. The number of carbonyl (C=O) groups excluding carboxylic acids is 2. The summed E-state index contributed by atoms with van der Waals surface area (Å²) in [5.74, 6) is -0.547. The summed E-state index contributed by atoms with van der Waals surface area (Å²) in [7, 11) is 0. The van der Waals surface area contributed by atoms with Gasteiger partial charge >= 0.3 is 0 Å². The van der Waals surface area contributed by atoms with Gasteiger partial charge in [-0.3, -0.25) is 9.59 Å². The molecular weight excluding hydrogens is 332 g/mol. The molecule has 0 aromatic heterocycles. The second kappa shape index (κ2) is 9.73. The van der Waals surface area contributed by atoms with Gasteiger partial charge in [0.2, 0.25) is 5.91 Å². The first kappa shape index (κ1) is 18.9. The second-order valence-corrected chi connectivity index (χ2v) is 5.41. The van der Waals surface area contributed by atoms with Crippen LogP contribution < -0.4 is 10.7 Å². The van der Waals surface area contributed by atoms with Crippen molar-refractivity contribution in [2.45, 2.75) is 13.8 Å². The summed E-state index contributed by atoms with van der Waals surface area (Å²) in [6.45, 7) is 2.98. The molecule has 0 spiro atoms. The van der Waals surface area contributed by atoms with Crippen LogP contribution in [0.15, 0.2) is 64.9 Å². The molecule has 0 saturated carbocycles. The second-order valence-electron chi connectivity index (χ2n) is 5.41. The van der Waals surface area contributed by atoms with Crippen LogP contribution in [-0.2, 0) is 14.4 Å². The minimum Gasteiger partial charge on any atom is -0.386 e. The van der Waals surface area contributed by atoms with Crippen molar-refractivity contribution < 1.29 is 14.4 Å². The van der Waals surface area contributed by atoms with Crippen LogP contribution in [0.3, 0.4) is 0 Å². The zero-order chi connectivity index (χ0) is 18.8. The van der Waals surface area contributed by atoms with Crippen LogP contribution in [0.25, 0.3) is 0 Å². The highest BCUT2D eigenvalue weighted by Crippen LogP contribution is 2.10. The van der Waals surface area contributed by atoms with Crippen molar-refractivity contribution in [1.82, 2.24) is 5.43 Å². The summed E-state index contributed by atoms with van der Waals surface area (Å²) in [6.07, 6.45) is 1.53. The van der Waals surface area contributed by atoms with Gasteiger partial charge in [0, 0.05) is 12.6 Å². The summed E-state index contributed by atoms with van der Waals surface area (Å²) in [5, 5.41) is 10.4. The van der Waals surface area contributed by atoms with Gasteiger partial charge in [0.25, 0.3) is 5.91 Å². The highest BCUT2D eigenvalue weighted by molar-refractivity contribution is 6.00. The third-order valence-corrected chi connectivity index (χ3v) is 3.24. The fourth-order valence-corrected chi connectivity index (χ4v) is 1.97. The molecule has 0 radical (unpaired) electrons. The minimum absolute atomic E-state index is 0.134. The molecule has 0 aliphatic carbocycles. The minimum atomic E-state index is -0.413. The highest BCUT2D eigenvalue weighted by atomic mass is 16.6. The predicted octanol–water partition coefficient (Wildman–Crippen LogP) is 2.54. The fraction of sp³-hybridized carbons (Fsp3) is 0.158. The average Bonchev–Trinajstić information content (AvgIpc) is 2.64. The van der Waals surface area contributed by atoms with Crippen molar-refractivity contribution in [1.29, 1.82) is 0 Å². The number of benzene rings is 2. The maximum Gasteiger partial charge on any atom is 0.280 e. The summed E-state index contributed by atoms with van der Waals surface area (Å²) in [6, 6.07) is 16.5. The molecule has 2 amide bonds. The lowest BCUT2D eigenvalue weighted by Crippen LogP contribution is -2.23. The molecule has 2 N–H and O–H groups in total. The monoisotopic (exact) mass is 352 g/mol. The molecule has 0 aliphatic heterocycles. The molecule has 0 aliphatic rings. The molecule has 0 saturated heterocycles. The van der Waals surface area contributed by atoms with Crippen molar-refractivity contribution in [3.8, 4) is 0 Å². The Kier molecular flexibility index (Phi) is 7.05. The van der Waals surface area contributed by atoms with Crippen LogP contribution in [0.1, 0.15) is 25.0 Å². The summed E-state index contributed by atoms with van der Waals surface area (Å²) in [5.41, 5.74) is 5.43. The smallest absolute Gasteiger partial charge is 0.280 e. The van der Waals surface area contributed by atoms with E-state index in [4.69, 9.17) is 4.84 Å². The van der Waals surface area contributed by atoms with Crippen LogP contribution in [0.4, 0.5) is 5.69 Å². The Balaban J connectivity index is 1.79. The Hall–Kier alpha value is -3.48. The summed E-state index contributed by atoms with van der Waals surface area (Å²) in [4.78, 5) is 27.6. The van der Waals surface area contributed by atoms with Gasteiger partial charge in [-0.25, -0.2) is 5.43 Å². The van der Waals surface area contributed by atoms with E-state index in [1.807, 2.05) is 30.3 Å². The van der Waals surface area contributed by atoms with Gasteiger partial charge in [0.05, 0.1) is 11.9 Å². The van der Waals surface area contributed by atoms with Gasteiger partial charge in [-0.1, -0.05) is 47.6 Å². The molecule has 0 unspecified atom stereocenters. The number of amides is 2. The Labute approximate surface area is 151 Å². The van der Waals surface area contributed by atoms with Gasteiger partial charge in [-0.2, -0.15) is 5.10 Å². The molecule has 0 atom stereocenters. The van der Waals surface area contributed by atoms with Crippen LogP contribution in [0.5, 0.6) is 0 Å². The highest BCUT2D eigenvalue weighted by Gasteiger charge is 2.02. The number of oxime groups is 1.